The van der Waals surface area contributed by atoms with E-state index in [4.69, 9.17) is 9.47 Å². The van der Waals surface area contributed by atoms with E-state index in [0.29, 0.717) is 6.04 Å². The van der Waals surface area contributed by atoms with Crippen LogP contribution in [0.15, 0.2) is 24.3 Å². The van der Waals surface area contributed by atoms with Gasteiger partial charge < -0.3 is 14.8 Å². The summed E-state index contributed by atoms with van der Waals surface area (Å²) in [5.41, 5.74) is 1.90. The molecule has 24 heavy (non-hydrogen) atoms. The highest BCUT2D eigenvalue weighted by Gasteiger charge is 2.41. The topological polar surface area (TPSA) is 47.6 Å². The molecule has 0 aromatic heterocycles. The summed E-state index contributed by atoms with van der Waals surface area (Å²) in [5, 5.41) is 3.41. The number of halogens is 3. The van der Waals surface area contributed by atoms with Gasteiger partial charge in [0.05, 0.1) is 25.2 Å². The molecular formula is C17H20F3NO3. The van der Waals surface area contributed by atoms with Crippen LogP contribution in [0.4, 0.5) is 13.2 Å². The zero-order valence-electron chi connectivity index (χ0n) is 13.1. The van der Waals surface area contributed by atoms with E-state index in [0.717, 1.165) is 24.1 Å². The number of rotatable bonds is 7. The molecule has 2 heterocycles. The molecule has 0 radical (unpaired) electrons. The van der Waals surface area contributed by atoms with Crippen LogP contribution >= 0.6 is 0 Å². The highest BCUT2D eigenvalue weighted by molar-refractivity contribution is 5.82. The van der Waals surface area contributed by atoms with Crippen LogP contribution in [0.5, 0.6) is 0 Å². The largest absolute Gasteiger partial charge is 0.391 e. The molecule has 0 aliphatic carbocycles. The third-order valence-corrected chi connectivity index (χ3v) is 4.33. The number of fused-ring (bicyclic) bond motifs is 2. The van der Waals surface area contributed by atoms with E-state index in [2.05, 4.69) is 5.32 Å². The van der Waals surface area contributed by atoms with Crippen molar-refractivity contribution in [1.29, 1.82) is 0 Å². The van der Waals surface area contributed by atoms with E-state index in [-0.39, 0.29) is 31.0 Å². The van der Waals surface area contributed by atoms with Gasteiger partial charge in [-0.05, 0) is 17.5 Å². The molecule has 2 bridgehead atoms. The predicted molar refractivity (Wildman–Crippen MR) is 80.7 cm³/mol. The summed E-state index contributed by atoms with van der Waals surface area (Å²) in [6.07, 6.45) is -3.76. The predicted octanol–water partition coefficient (Wildman–Crippen LogP) is 2.57. The highest BCUT2D eigenvalue weighted by Crippen LogP contribution is 2.36. The molecule has 2 aliphatic heterocycles. The van der Waals surface area contributed by atoms with Crippen molar-refractivity contribution in [2.24, 2.45) is 0 Å². The van der Waals surface area contributed by atoms with Crippen molar-refractivity contribution < 1.29 is 27.4 Å². The zero-order chi connectivity index (χ0) is 17.2. The maximum atomic E-state index is 12.0. The first-order chi connectivity index (χ1) is 11.4. The Balaban J connectivity index is 1.43. The lowest BCUT2D eigenvalue weighted by atomic mass is 10.00. The highest BCUT2D eigenvalue weighted by atomic mass is 19.4. The lowest BCUT2D eigenvalue weighted by Gasteiger charge is -2.23. The maximum Gasteiger partial charge on any atom is 0.391 e. The van der Waals surface area contributed by atoms with Crippen LogP contribution in [0.2, 0.25) is 0 Å². The third kappa shape index (κ3) is 4.55. The molecule has 0 unspecified atom stereocenters. The van der Waals surface area contributed by atoms with Gasteiger partial charge in [-0.1, -0.05) is 24.3 Å². The van der Waals surface area contributed by atoms with Crippen molar-refractivity contribution in [3.8, 4) is 0 Å². The van der Waals surface area contributed by atoms with Gasteiger partial charge in [-0.15, -0.1) is 0 Å². The Bertz CT molecular complexity index is 573. The van der Waals surface area contributed by atoms with E-state index >= 15 is 0 Å². The number of carbonyl (C=O) groups excluding carboxylic acids is 1. The van der Waals surface area contributed by atoms with Crippen LogP contribution in [-0.4, -0.2) is 43.9 Å². The van der Waals surface area contributed by atoms with Crippen LogP contribution in [0.1, 0.15) is 30.1 Å². The molecule has 2 fully saturated rings. The van der Waals surface area contributed by atoms with Crippen LogP contribution in [-0.2, 0) is 20.7 Å². The average Bonchev–Trinajstić information content (AvgIpc) is 3.14. The van der Waals surface area contributed by atoms with Gasteiger partial charge in [-0.2, -0.15) is 13.2 Å². The van der Waals surface area contributed by atoms with E-state index in [1.807, 2.05) is 24.3 Å². The van der Waals surface area contributed by atoms with Crippen molar-refractivity contribution in [2.75, 3.05) is 19.8 Å². The molecule has 3 rings (SSSR count). The van der Waals surface area contributed by atoms with Crippen molar-refractivity contribution in [3.63, 3.8) is 0 Å². The molecule has 0 saturated carbocycles. The fraction of sp³-hybridized carbons (Fsp3) is 0.588. The van der Waals surface area contributed by atoms with Gasteiger partial charge in [0, 0.05) is 19.0 Å². The van der Waals surface area contributed by atoms with Crippen molar-refractivity contribution >= 4 is 5.78 Å². The summed E-state index contributed by atoms with van der Waals surface area (Å²) < 4.78 is 46.6. The van der Waals surface area contributed by atoms with E-state index < -0.39 is 19.2 Å². The summed E-state index contributed by atoms with van der Waals surface area (Å²) in [7, 11) is 0. The van der Waals surface area contributed by atoms with Gasteiger partial charge in [0.25, 0.3) is 0 Å². The lowest BCUT2D eigenvalue weighted by molar-refractivity contribution is -0.148. The van der Waals surface area contributed by atoms with Gasteiger partial charge in [0.15, 0.2) is 5.78 Å². The van der Waals surface area contributed by atoms with E-state index in [1.54, 1.807) is 0 Å². The molecule has 1 aromatic carbocycles. The summed E-state index contributed by atoms with van der Waals surface area (Å²) in [6, 6.07) is 7.96. The molecule has 3 atom stereocenters. The molecule has 0 amide bonds. The number of benzene rings is 1. The Kier molecular flexibility index (Phi) is 5.22. The summed E-state index contributed by atoms with van der Waals surface area (Å²) >= 11 is 0. The Morgan fingerprint density at radius 3 is 2.62 bits per heavy atom. The van der Waals surface area contributed by atoms with Crippen LogP contribution in [0.3, 0.4) is 0 Å². The second-order valence-electron chi connectivity index (χ2n) is 6.30. The number of ketones is 1. The van der Waals surface area contributed by atoms with Crippen LogP contribution in [0, 0.1) is 0 Å². The standard InChI is InChI=1S/C17H20F3NO3/c18-17(19,20)5-6-23-10-13(22)7-11-1-3-12(4-2-11)16-15-8-14(24-16)9-21-15/h1-4,14-16,21H,5-10H2/t14-,15-,16+/m1/s1. The number of hydrogen-bond donors (Lipinski definition) is 1. The lowest BCUT2D eigenvalue weighted by Crippen LogP contribution is -2.33. The fourth-order valence-corrected chi connectivity index (χ4v) is 3.16. The molecule has 0 spiro atoms. The molecule has 1 aromatic rings. The quantitative estimate of drug-likeness (QED) is 0.773. The number of hydrogen-bond acceptors (Lipinski definition) is 4. The fourth-order valence-electron chi connectivity index (χ4n) is 3.16. The Labute approximate surface area is 138 Å². The first-order valence-electron chi connectivity index (χ1n) is 8.04. The molecule has 1 N–H and O–H groups in total. The molecular weight excluding hydrogens is 323 g/mol. The monoisotopic (exact) mass is 343 g/mol. The number of carbonyl (C=O) groups is 1. The van der Waals surface area contributed by atoms with Crippen molar-refractivity contribution in [2.45, 2.75) is 43.7 Å². The van der Waals surface area contributed by atoms with Gasteiger partial charge in [0.1, 0.15) is 6.61 Å². The zero-order valence-corrected chi connectivity index (χ0v) is 13.1. The molecule has 2 aliphatic rings. The number of Topliss-reactive ketones (excluding diaryl/α,β-unsaturated/α-hetero) is 1. The number of alkyl halides is 3. The summed E-state index contributed by atoms with van der Waals surface area (Å²) in [6.45, 7) is 0.127. The second-order valence-corrected chi connectivity index (χ2v) is 6.30. The number of morpholine rings is 1. The van der Waals surface area contributed by atoms with Crippen molar-refractivity contribution in [3.05, 3.63) is 35.4 Å². The Hall–Kier alpha value is -1.44. The minimum Gasteiger partial charge on any atom is -0.373 e. The van der Waals surface area contributed by atoms with Crippen LogP contribution < -0.4 is 5.32 Å². The number of ether oxygens (including phenoxy) is 2. The SMILES string of the molecule is O=C(COCCC(F)(F)F)Cc1ccc([C@@H]2O[C@H]3CN[C@@H]2C3)cc1. The van der Waals surface area contributed by atoms with Crippen molar-refractivity contribution in [1.82, 2.24) is 5.32 Å². The first-order valence-corrected chi connectivity index (χ1v) is 8.04. The average molecular weight is 343 g/mol. The minimum absolute atomic E-state index is 0.0548. The van der Waals surface area contributed by atoms with Gasteiger partial charge in [0.2, 0.25) is 0 Å². The Morgan fingerprint density at radius 1 is 1.29 bits per heavy atom. The normalized spacial score (nSPS) is 26.0. The number of nitrogens with one attached hydrogen (secondary N) is 1. The smallest absolute Gasteiger partial charge is 0.373 e. The van der Waals surface area contributed by atoms with Gasteiger partial charge in [-0.25, -0.2) is 0 Å². The molecule has 2 saturated heterocycles. The second kappa shape index (κ2) is 7.21. The van der Waals surface area contributed by atoms with Gasteiger partial charge in [-0.3, -0.25) is 4.79 Å². The van der Waals surface area contributed by atoms with E-state index in [9.17, 15) is 18.0 Å². The summed E-state index contributed by atoms with van der Waals surface area (Å²) in [5.74, 6) is -0.234. The molecule has 132 valence electrons. The van der Waals surface area contributed by atoms with Gasteiger partial charge >= 0.3 is 6.18 Å². The Morgan fingerprint density at radius 2 is 2.04 bits per heavy atom. The van der Waals surface area contributed by atoms with E-state index in [1.165, 1.54) is 0 Å². The molecule has 7 heteroatoms. The first kappa shape index (κ1) is 17.4. The minimum atomic E-state index is -4.25. The maximum absolute atomic E-state index is 12.0. The third-order valence-electron chi connectivity index (χ3n) is 4.33. The summed E-state index contributed by atoms with van der Waals surface area (Å²) in [4.78, 5) is 11.7. The van der Waals surface area contributed by atoms with Crippen LogP contribution in [0.25, 0.3) is 0 Å². The molecule has 4 nitrogen and oxygen atoms in total.